The number of nitrogens with zero attached hydrogens (tertiary/aromatic N) is 6. The first-order chi connectivity index (χ1) is 33.4. The molecule has 0 aliphatic rings. The molecule has 0 fully saturated rings. The Hall–Kier alpha value is -7.20. The highest BCUT2D eigenvalue weighted by Gasteiger charge is 2.27. The molecule has 24 nitrogen and oxygen atoms in total. The van der Waals surface area contributed by atoms with Crippen LogP contribution in [0.4, 0.5) is 0 Å². The minimum atomic E-state index is -5.04. The van der Waals surface area contributed by atoms with E-state index >= 15 is 0 Å². The summed E-state index contributed by atoms with van der Waals surface area (Å²) in [6.45, 7) is 0. The summed E-state index contributed by atoms with van der Waals surface area (Å²) in [7, 11) is -30.0. The molecule has 0 atom stereocenters. The molecular formula is C42H28N6O18S6. The third-order valence-electron chi connectivity index (χ3n) is 10.8. The molecule has 9 rings (SSSR count). The maximum Gasteiger partial charge on any atom is 0.296 e. The van der Waals surface area contributed by atoms with Gasteiger partial charge in [-0.25, -0.2) is 0 Å². The van der Waals surface area contributed by atoms with Gasteiger partial charge in [-0.3, -0.25) is 27.3 Å². The fourth-order valence-corrected chi connectivity index (χ4v) is 11.6. The van der Waals surface area contributed by atoms with Gasteiger partial charge in [0.2, 0.25) is 0 Å². The summed E-state index contributed by atoms with van der Waals surface area (Å²) in [6, 6.07) is 22.2. The SMILES string of the molecule is O=S(=O)(O)c1cc(S(=O)(=O)O)c2ccc3nn(-c4ccc(C=Cc5ccc(C=Cc6ccc(-n7nc8ccc9c(S(=O)(=O)O)cc(S(=O)(=O)O)cc9c8n7)c(S(=O)(=O)O)c6)cc5)cc4S(=O)(=O)O)nc3c2c1. The second-order valence-electron chi connectivity index (χ2n) is 15.5. The van der Waals surface area contributed by atoms with Gasteiger partial charge in [-0.2, -0.15) is 50.5 Å². The first-order valence-corrected chi connectivity index (χ1v) is 28.4. The normalized spacial score (nSPS) is 13.4. The maximum absolute atomic E-state index is 12.7. The standard InChI is InChI=1S/C42H28N6O18S6/c49-67(50,51)27-19-31-29(37(21-27)69(55,56)57)11-13-33-41(31)45-47(43-33)35-15-9-25(17-39(35)71(61,62)63)7-5-23-1-2-24(4-3-23)6-8-26-10-16-36(40(18-26)72(64,65)66)48-44-34-14-12-30-32(42(34)46-48)20-28(68(52,53)54)22-38(30)70(58,59)60/h1-22H,(H,49,50,51)(H,52,53,54)(H,55,56,57)(H,58,59,60)(H,61,62,63)(H,64,65,66). The van der Waals surface area contributed by atoms with E-state index < -0.39 is 90.1 Å². The van der Waals surface area contributed by atoms with E-state index in [9.17, 15) is 77.8 Å². The van der Waals surface area contributed by atoms with Gasteiger partial charge in [0.1, 0.15) is 53.0 Å². The molecule has 7 aromatic carbocycles. The van der Waals surface area contributed by atoms with Crippen LogP contribution < -0.4 is 0 Å². The number of benzene rings is 7. The van der Waals surface area contributed by atoms with Gasteiger partial charge >= 0.3 is 0 Å². The largest absolute Gasteiger partial charge is 0.296 e. The van der Waals surface area contributed by atoms with Crippen molar-refractivity contribution >= 4 is 129 Å². The van der Waals surface area contributed by atoms with Crippen LogP contribution in [0.3, 0.4) is 0 Å². The molecule has 0 unspecified atom stereocenters. The molecule has 0 amide bonds. The van der Waals surface area contributed by atoms with Crippen molar-refractivity contribution in [3.8, 4) is 11.4 Å². The van der Waals surface area contributed by atoms with Gasteiger partial charge in [0, 0.05) is 21.5 Å². The summed E-state index contributed by atoms with van der Waals surface area (Å²) in [4.78, 5) is -3.21. The molecule has 0 spiro atoms. The number of rotatable bonds is 12. The Morgan fingerprint density at radius 2 is 0.639 bits per heavy atom. The third-order valence-corrected chi connectivity index (χ3v) is 16.0. The summed E-state index contributed by atoms with van der Waals surface area (Å²) in [5.74, 6) is 0. The van der Waals surface area contributed by atoms with Crippen molar-refractivity contribution in [3.05, 3.63) is 131 Å². The first-order valence-electron chi connectivity index (χ1n) is 19.7. The molecule has 0 saturated carbocycles. The van der Waals surface area contributed by atoms with Crippen molar-refractivity contribution in [1.82, 2.24) is 30.0 Å². The molecule has 0 aliphatic carbocycles. The number of fused-ring (bicyclic) bond motifs is 6. The van der Waals surface area contributed by atoms with E-state index in [-0.39, 0.29) is 66.1 Å². The predicted molar refractivity (Wildman–Crippen MR) is 256 cm³/mol. The fraction of sp³-hybridized carbons (Fsp3) is 0. The van der Waals surface area contributed by atoms with E-state index in [1.807, 2.05) is 0 Å². The van der Waals surface area contributed by atoms with Crippen LogP contribution in [0.5, 0.6) is 0 Å². The molecule has 0 aliphatic heterocycles. The van der Waals surface area contributed by atoms with Crippen molar-refractivity contribution in [3.63, 3.8) is 0 Å². The number of hydrogen-bond donors (Lipinski definition) is 6. The van der Waals surface area contributed by atoms with Crippen molar-refractivity contribution in [1.29, 1.82) is 0 Å². The minimum Gasteiger partial charge on any atom is -0.282 e. The molecule has 72 heavy (non-hydrogen) atoms. The van der Waals surface area contributed by atoms with Crippen molar-refractivity contribution < 1.29 is 77.8 Å². The van der Waals surface area contributed by atoms with Crippen LogP contribution in [-0.2, 0) is 60.7 Å². The Balaban J connectivity index is 0.980. The Bertz CT molecular complexity index is 4320. The quantitative estimate of drug-likeness (QED) is 0.0669. The van der Waals surface area contributed by atoms with Gasteiger partial charge in [-0.1, -0.05) is 72.8 Å². The van der Waals surface area contributed by atoms with Crippen LogP contribution in [-0.4, -0.2) is 108 Å². The second-order valence-corrected chi connectivity index (χ2v) is 23.9. The van der Waals surface area contributed by atoms with E-state index in [0.717, 1.165) is 33.9 Å². The molecule has 6 N–H and O–H groups in total. The van der Waals surface area contributed by atoms with Gasteiger partial charge in [0.05, 0.1) is 9.79 Å². The molecule has 0 bridgehead atoms. The van der Waals surface area contributed by atoms with Crippen LogP contribution in [0.2, 0.25) is 0 Å². The van der Waals surface area contributed by atoms with Crippen LogP contribution in [0.25, 0.3) is 79.3 Å². The average molecular weight is 1100 g/mol. The van der Waals surface area contributed by atoms with E-state index in [1.165, 1.54) is 60.7 Å². The lowest BCUT2D eigenvalue weighted by Gasteiger charge is -2.08. The second kappa shape index (κ2) is 17.2. The van der Waals surface area contributed by atoms with Crippen LogP contribution in [0.1, 0.15) is 22.3 Å². The van der Waals surface area contributed by atoms with E-state index in [2.05, 4.69) is 20.4 Å². The average Bonchev–Trinajstić information content (AvgIpc) is 3.94. The van der Waals surface area contributed by atoms with E-state index in [4.69, 9.17) is 0 Å². The van der Waals surface area contributed by atoms with Crippen molar-refractivity contribution in [2.75, 3.05) is 0 Å². The highest BCUT2D eigenvalue weighted by atomic mass is 32.2. The van der Waals surface area contributed by atoms with Gasteiger partial charge in [-0.15, -0.1) is 30.0 Å². The Morgan fingerprint density at radius 1 is 0.319 bits per heavy atom. The summed E-state index contributed by atoms with van der Waals surface area (Å²) in [5, 5.41) is 16.1. The highest BCUT2D eigenvalue weighted by Crippen LogP contribution is 2.35. The van der Waals surface area contributed by atoms with Crippen LogP contribution in [0, 0.1) is 0 Å². The highest BCUT2D eigenvalue weighted by molar-refractivity contribution is 7.87. The molecule has 2 heterocycles. The number of aromatic nitrogens is 6. The lowest BCUT2D eigenvalue weighted by molar-refractivity contribution is 0.477. The van der Waals surface area contributed by atoms with E-state index in [1.54, 1.807) is 36.4 Å². The van der Waals surface area contributed by atoms with Crippen LogP contribution in [0.15, 0.2) is 139 Å². The zero-order valence-corrected chi connectivity index (χ0v) is 40.3. The number of hydrogen-bond acceptors (Lipinski definition) is 16. The van der Waals surface area contributed by atoms with Gasteiger partial charge < -0.3 is 0 Å². The smallest absolute Gasteiger partial charge is 0.282 e. The minimum absolute atomic E-state index is 0.000469. The Labute approximate surface area is 406 Å². The summed E-state index contributed by atoms with van der Waals surface area (Å²) < 4.78 is 207. The van der Waals surface area contributed by atoms with Crippen LogP contribution >= 0.6 is 0 Å². The molecule has 9 aromatic rings. The van der Waals surface area contributed by atoms with E-state index in [0.29, 0.717) is 23.3 Å². The monoisotopic (exact) mass is 1100 g/mol. The summed E-state index contributed by atoms with van der Waals surface area (Å²) in [6.07, 6.45) is 6.25. The van der Waals surface area contributed by atoms with Crippen molar-refractivity contribution in [2.24, 2.45) is 0 Å². The first kappa shape index (κ1) is 49.8. The molecule has 2 aromatic heterocycles. The molecular weight excluding hydrogens is 1070 g/mol. The zero-order chi connectivity index (χ0) is 52.1. The van der Waals surface area contributed by atoms with Crippen molar-refractivity contribution in [2.45, 2.75) is 29.4 Å². The predicted octanol–water partition coefficient (Wildman–Crippen LogP) is 5.28. The summed E-state index contributed by atoms with van der Waals surface area (Å²) >= 11 is 0. The Kier molecular flexibility index (Phi) is 11.9. The lowest BCUT2D eigenvalue weighted by atomic mass is 10.1. The van der Waals surface area contributed by atoms with Gasteiger partial charge in [0.25, 0.3) is 60.7 Å². The molecule has 370 valence electrons. The maximum atomic E-state index is 12.7. The van der Waals surface area contributed by atoms with Gasteiger partial charge in [-0.05, 0) is 82.9 Å². The fourth-order valence-electron chi connectivity index (χ4n) is 7.56. The zero-order valence-electron chi connectivity index (χ0n) is 35.4. The lowest BCUT2D eigenvalue weighted by Crippen LogP contribution is -2.08. The molecule has 0 saturated heterocycles. The molecule has 30 heteroatoms. The topological polar surface area (TPSA) is 388 Å². The molecule has 0 radical (unpaired) electrons. The Morgan fingerprint density at radius 3 is 0.958 bits per heavy atom. The van der Waals surface area contributed by atoms with Gasteiger partial charge in [0.15, 0.2) is 0 Å². The third kappa shape index (κ3) is 9.76. The summed E-state index contributed by atoms with van der Waals surface area (Å²) in [5.41, 5.74) is 0.907.